The first kappa shape index (κ1) is 12.9. The molecule has 1 amide bonds. The Bertz CT molecular complexity index is 570. The minimum absolute atomic E-state index is 0.113. The van der Waals surface area contributed by atoms with Gasteiger partial charge in [0.15, 0.2) is 0 Å². The van der Waals surface area contributed by atoms with Crippen LogP contribution in [0.3, 0.4) is 0 Å². The Morgan fingerprint density at radius 2 is 2.16 bits per heavy atom. The van der Waals surface area contributed by atoms with Gasteiger partial charge in [-0.25, -0.2) is 0 Å². The molecule has 0 fully saturated rings. The summed E-state index contributed by atoms with van der Waals surface area (Å²) in [6.07, 6.45) is 1.65. The number of hydrogen-bond donors (Lipinski definition) is 2. The van der Waals surface area contributed by atoms with Gasteiger partial charge in [-0.15, -0.1) is 0 Å². The van der Waals surface area contributed by atoms with Gasteiger partial charge in [0, 0.05) is 6.20 Å². The Balaban J connectivity index is 2.12. The average molecular weight is 258 g/mol. The van der Waals surface area contributed by atoms with Crippen LogP contribution in [-0.4, -0.2) is 23.1 Å². The van der Waals surface area contributed by atoms with Crippen molar-refractivity contribution in [2.24, 2.45) is 0 Å². The number of aromatic hydroxyl groups is 1. The normalized spacial score (nSPS) is 9.95. The lowest BCUT2D eigenvalue weighted by atomic mass is 10.1. The summed E-state index contributed by atoms with van der Waals surface area (Å²) in [4.78, 5) is 16.1. The Labute approximate surface area is 110 Å². The number of phenols is 1. The molecule has 19 heavy (non-hydrogen) atoms. The smallest absolute Gasteiger partial charge is 0.259 e. The lowest BCUT2D eigenvalue weighted by Gasteiger charge is -2.10. The highest BCUT2D eigenvalue weighted by molar-refractivity contribution is 5.99. The van der Waals surface area contributed by atoms with Gasteiger partial charge in [0.05, 0.1) is 19.3 Å². The van der Waals surface area contributed by atoms with Gasteiger partial charge in [-0.3, -0.25) is 9.78 Å². The predicted molar refractivity (Wildman–Crippen MR) is 70.1 cm³/mol. The summed E-state index contributed by atoms with van der Waals surface area (Å²) in [7, 11) is 1.45. The maximum absolute atomic E-state index is 12.0. The van der Waals surface area contributed by atoms with E-state index in [-0.39, 0.29) is 17.9 Å². The molecule has 2 N–H and O–H groups in total. The van der Waals surface area contributed by atoms with Crippen molar-refractivity contribution < 1.29 is 14.6 Å². The fraction of sp³-hybridized carbons (Fsp3) is 0.143. The summed E-state index contributed by atoms with van der Waals surface area (Å²) < 4.78 is 5.06. The molecule has 1 heterocycles. The fourth-order valence-corrected chi connectivity index (χ4v) is 1.68. The highest BCUT2D eigenvalue weighted by Crippen LogP contribution is 2.26. The number of ether oxygens (including phenoxy) is 1. The van der Waals surface area contributed by atoms with Crippen LogP contribution in [0.4, 0.5) is 0 Å². The van der Waals surface area contributed by atoms with E-state index in [1.54, 1.807) is 24.4 Å². The average Bonchev–Trinajstić information content (AvgIpc) is 2.45. The summed E-state index contributed by atoms with van der Waals surface area (Å²) in [6, 6.07) is 10.1. The number of carbonyl (C=O) groups is 1. The van der Waals surface area contributed by atoms with Crippen molar-refractivity contribution in [3.63, 3.8) is 0 Å². The molecule has 0 aliphatic heterocycles. The number of benzene rings is 1. The molecule has 1 aromatic heterocycles. The maximum atomic E-state index is 12.0. The van der Waals surface area contributed by atoms with Gasteiger partial charge in [-0.2, -0.15) is 0 Å². The highest BCUT2D eigenvalue weighted by Gasteiger charge is 2.16. The predicted octanol–water partition coefficient (Wildman–Crippen LogP) is 1.73. The monoisotopic (exact) mass is 258 g/mol. The lowest BCUT2D eigenvalue weighted by Crippen LogP contribution is -2.23. The Kier molecular flexibility index (Phi) is 3.97. The van der Waals surface area contributed by atoms with Gasteiger partial charge in [0.2, 0.25) is 0 Å². The summed E-state index contributed by atoms with van der Waals surface area (Å²) in [5.74, 6) is -0.183. The van der Waals surface area contributed by atoms with E-state index in [0.717, 1.165) is 5.69 Å². The molecular weight excluding hydrogens is 244 g/mol. The molecule has 0 aliphatic rings. The second-order valence-corrected chi connectivity index (χ2v) is 3.86. The van der Waals surface area contributed by atoms with Crippen molar-refractivity contribution in [2.45, 2.75) is 6.54 Å². The van der Waals surface area contributed by atoms with E-state index >= 15 is 0 Å². The largest absolute Gasteiger partial charge is 0.507 e. The molecule has 1 aromatic carbocycles. The van der Waals surface area contributed by atoms with Crippen molar-refractivity contribution in [2.75, 3.05) is 7.11 Å². The van der Waals surface area contributed by atoms with Gasteiger partial charge in [-0.1, -0.05) is 12.1 Å². The number of pyridine rings is 1. The zero-order valence-electron chi connectivity index (χ0n) is 10.5. The molecule has 2 aromatic rings. The van der Waals surface area contributed by atoms with Gasteiger partial charge in [-0.05, 0) is 24.3 Å². The van der Waals surface area contributed by atoms with Crippen LogP contribution < -0.4 is 10.1 Å². The van der Waals surface area contributed by atoms with Crippen molar-refractivity contribution in [1.82, 2.24) is 10.3 Å². The van der Waals surface area contributed by atoms with Crippen LogP contribution in [0.2, 0.25) is 0 Å². The van der Waals surface area contributed by atoms with Crippen LogP contribution in [0.1, 0.15) is 16.1 Å². The first-order chi connectivity index (χ1) is 9.22. The molecular formula is C14H14N2O3. The zero-order valence-corrected chi connectivity index (χ0v) is 10.5. The summed E-state index contributed by atoms with van der Waals surface area (Å²) in [6.45, 7) is 0.289. The number of aromatic nitrogens is 1. The van der Waals surface area contributed by atoms with E-state index in [9.17, 15) is 9.90 Å². The van der Waals surface area contributed by atoms with Gasteiger partial charge in [0.1, 0.15) is 17.1 Å². The van der Waals surface area contributed by atoms with Crippen LogP contribution in [-0.2, 0) is 6.54 Å². The zero-order chi connectivity index (χ0) is 13.7. The van der Waals surface area contributed by atoms with Gasteiger partial charge >= 0.3 is 0 Å². The summed E-state index contributed by atoms with van der Waals surface area (Å²) in [5, 5.41) is 12.4. The van der Waals surface area contributed by atoms with Gasteiger partial charge < -0.3 is 15.2 Å². The van der Waals surface area contributed by atoms with E-state index in [1.807, 2.05) is 12.1 Å². The Morgan fingerprint density at radius 1 is 1.32 bits per heavy atom. The molecule has 98 valence electrons. The number of nitrogens with one attached hydrogen (secondary N) is 1. The first-order valence-corrected chi connectivity index (χ1v) is 5.76. The van der Waals surface area contributed by atoms with Gasteiger partial charge in [0.25, 0.3) is 5.91 Å². The minimum atomic E-state index is -0.402. The molecule has 0 saturated heterocycles. The molecule has 5 nitrogen and oxygen atoms in total. The highest BCUT2D eigenvalue weighted by atomic mass is 16.5. The molecule has 2 rings (SSSR count). The van der Waals surface area contributed by atoms with Crippen molar-refractivity contribution in [1.29, 1.82) is 0 Å². The van der Waals surface area contributed by atoms with Crippen molar-refractivity contribution in [3.05, 3.63) is 53.9 Å². The topological polar surface area (TPSA) is 71.5 Å². The maximum Gasteiger partial charge on any atom is 0.259 e. The molecule has 0 saturated carbocycles. The third-order valence-corrected chi connectivity index (χ3v) is 2.61. The summed E-state index contributed by atoms with van der Waals surface area (Å²) in [5.41, 5.74) is 0.867. The van der Waals surface area contributed by atoms with Crippen LogP contribution in [0.25, 0.3) is 0 Å². The molecule has 0 atom stereocenters. The van der Waals surface area contributed by atoms with Crippen LogP contribution in [0.15, 0.2) is 42.6 Å². The number of methoxy groups -OCH3 is 1. The standard InChI is InChI=1S/C14H14N2O3/c1-19-12-7-4-6-11(17)13(12)14(18)16-9-10-5-2-3-8-15-10/h2-8,17H,9H2,1H3,(H,16,18). The molecule has 0 spiro atoms. The first-order valence-electron chi connectivity index (χ1n) is 5.76. The van der Waals surface area contributed by atoms with Crippen LogP contribution in [0, 0.1) is 0 Å². The van der Waals surface area contributed by atoms with E-state index in [2.05, 4.69) is 10.3 Å². The molecule has 0 unspecified atom stereocenters. The second kappa shape index (κ2) is 5.86. The molecule has 0 aliphatic carbocycles. The van der Waals surface area contributed by atoms with Crippen molar-refractivity contribution >= 4 is 5.91 Å². The third-order valence-electron chi connectivity index (χ3n) is 2.61. The van der Waals surface area contributed by atoms with Crippen LogP contribution >= 0.6 is 0 Å². The third kappa shape index (κ3) is 3.01. The van der Waals surface area contributed by atoms with E-state index in [4.69, 9.17) is 4.74 Å². The lowest BCUT2D eigenvalue weighted by molar-refractivity contribution is 0.0944. The quantitative estimate of drug-likeness (QED) is 0.876. The van der Waals surface area contributed by atoms with Crippen molar-refractivity contribution in [3.8, 4) is 11.5 Å². The number of carbonyl (C=O) groups excluding carboxylic acids is 1. The number of rotatable bonds is 4. The number of nitrogens with zero attached hydrogens (tertiary/aromatic N) is 1. The number of hydrogen-bond acceptors (Lipinski definition) is 4. The van der Waals surface area contributed by atoms with E-state index in [0.29, 0.717) is 5.75 Å². The van der Waals surface area contributed by atoms with E-state index < -0.39 is 5.91 Å². The fourth-order valence-electron chi connectivity index (χ4n) is 1.68. The summed E-state index contributed by atoms with van der Waals surface area (Å²) >= 11 is 0. The number of amides is 1. The van der Waals surface area contributed by atoms with Crippen LogP contribution in [0.5, 0.6) is 11.5 Å². The Morgan fingerprint density at radius 3 is 2.84 bits per heavy atom. The SMILES string of the molecule is COc1cccc(O)c1C(=O)NCc1ccccn1. The Hall–Kier alpha value is -2.56. The second-order valence-electron chi connectivity index (χ2n) is 3.86. The number of phenolic OH excluding ortho intramolecular Hbond substituents is 1. The molecule has 5 heteroatoms. The molecule has 0 radical (unpaired) electrons. The van der Waals surface area contributed by atoms with E-state index in [1.165, 1.54) is 13.2 Å². The minimum Gasteiger partial charge on any atom is -0.507 e. The molecule has 0 bridgehead atoms.